The highest BCUT2D eigenvalue weighted by Crippen LogP contribution is 2.44. The highest BCUT2D eigenvalue weighted by atomic mass is 35.5. The fraction of sp³-hybridized carbons (Fsp3) is 0.400. The Morgan fingerprint density at radius 1 is 1.08 bits per heavy atom. The number of hydrogen-bond donors (Lipinski definition) is 0. The molecule has 25 heavy (non-hydrogen) atoms. The maximum atomic E-state index is 6.34. The first-order valence-corrected chi connectivity index (χ1v) is 8.92. The Kier molecular flexibility index (Phi) is 4.59. The number of benzene rings is 2. The zero-order valence-corrected chi connectivity index (χ0v) is 15.3. The topological polar surface area (TPSA) is 30.9 Å². The Morgan fingerprint density at radius 3 is 2.60 bits per heavy atom. The molecule has 2 bridgehead atoms. The van der Waals surface area contributed by atoms with Crippen LogP contribution in [-0.4, -0.2) is 38.3 Å². The van der Waals surface area contributed by atoms with Gasteiger partial charge in [0.05, 0.1) is 26.4 Å². The van der Waals surface area contributed by atoms with E-state index >= 15 is 0 Å². The summed E-state index contributed by atoms with van der Waals surface area (Å²) in [4.78, 5) is 2.42. The highest BCUT2D eigenvalue weighted by Gasteiger charge is 2.38. The van der Waals surface area contributed by atoms with Crippen LogP contribution in [0.2, 0.25) is 5.02 Å². The van der Waals surface area contributed by atoms with Crippen molar-refractivity contribution in [2.45, 2.75) is 25.2 Å². The second-order valence-electron chi connectivity index (χ2n) is 6.60. The summed E-state index contributed by atoms with van der Waals surface area (Å²) in [5.41, 5.74) is 3.50. The smallest absolute Gasteiger partial charge is 0.125 e. The lowest BCUT2D eigenvalue weighted by Crippen LogP contribution is -2.47. The van der Waals surface area contributed by atoms with Gasteiger partial charge in [0, 0.05) is 42.2 Å². The molecule has 0 amide bonds. The van der Waals surface area contributed by atoms with Crippen LogP contribution in [-0.2, 0) is 17.7 Å². The van der Waals surface area contributed by atoms with Crippen molar-refractivity contribution in [3.63, 3.8) is 0 Å². The first-order chi connectivity index (χ1) is 12.2. The van der Waals surface area contributed by atoms with Gasteiger partial charge in [-0.05, 0) is 23.8 Å². The second-order valence-corrected chi connectivity index (χ2v) is 7.01. The number of nitrogens with zero attached hydrogens (tertiary/aromatic N) is 1. The average molecular weight is 360 g/mol. The molecule has 1 saturated heterocycles. The van der Waals surface area contributed by atoms with E-state index in [-0.39, 0.29) is 12.2 Å². The Labute approximate surface area is 153 Å². The van der Waals surface area contributed by atoms with Gasteiger partial charge in [0.1, 0.15) is 11.5 Å². The van der Waals surface area contributed by atoms with Crippen LogP contribution >= 0.6 is 11.6 Å². The molecule has 0 radical (unpaired) electrons. The lowest BCUT2D eigenvalue weighted by molar-refractivity contribution is -0.0997. The molecule has 2 atom stereocenters. The molecule has 0 N–H and O–H groups in total. The molecule has 132 valence electrons. The second kappa shape index (κ2) is 6.87. The molecule has 4 rings (SSSR count). The molecule has 1 fully saturated rings. The third-order valence-corrected chi connectivity index (χ3v) is 5.43. The van der Waals surface area contributed by atoms with Gasteiger partial charge in [0.2, 0.25) is 0 Å². The van der Waals surface area contributed by atoms with Crippen molar-refractivity contribution >= 4 is 11.6 Å². The lowest BCUT2D eigenvalue weighted by atomic mass is 9.89. The Bertz CT molecular complexity index is 780. The quantitative estimate of drug-likeness (QED) is 0.829. The van der Waals surface area contributed by atoms with Crippen LogP contribution in [0, 0.1) is 0 Å². The molecule has 0 saturated carbocycles. The van der Waals surface area contributed by atoms with Gasteiger partial charge < -0.3 is 14.2 Å². The van der Waals surface area contributed by atoms with Crippen LogP contribution < -0.4 is 9.47 Å². The van der Waals surface area contributed by atoms with Gasteiger partial charge in [0.15, 0.2) is 0 Å². The van der Waals surface area contributed by atoms with E-state index in [4.69, 9.17) is 25.8 Å². The zero-order valence-electron chi connectivity index (χ0n) is 14.5. The predicted octanol–water partition coefficient (Wildman–Crippen LogP) is 3.86. The molecular formula is C20H22ClNO3. The molecule has 0 spiro atoms. The van der Waals surface area contributed by atoms with E-state index in [0.717, 1.165) is 53.7 Å². The Hall–Kier alpha value is -1.75. The number of methoxy groups -OCH3 is 2. The molecule has 0 aliphatic carbocycles. The predicted molar refractivity (Wildman–Crippen MR) is 97.6 cm³/mol. The van der Waals surface area contributed by atoms with Gasteiger partial charge in [-0.1, -0.05) is 29.8 Å². The third kappa shape index (κ3) is 3.10. The van der Waals surface area contributed by atoms with Crippen molar-refractivity contribution in [3.8, 4) is 11.5 Å². The number of morpholine rings is 1. The van der Waals surface area contributed by atoms with E-state index in [1.807, 2.05) is 30.3 Å². The SMILES string of the molecule is COc1ccc(OC)c2c1C[C@@H]1CN(Cc3ccccc3Cl)C[C@H]2O1. The molecule has 0 aromatic heterocycles. The third-order valence-electron chi connectivity index (χ3n) is 5.06. The standard InChI is InChI=1S/C20H22ClNO3/c1-23-17-7-8-18(24-2)20-15(17)9-14-11-22(12-19(20)25-14)10-13-5-3-4-6-16(13)21/h3-8,14,19H,9-12H2,1-2H3/t14-,19-/m1/s1. The van der Waals surface area contributed by atoms with Gasteiger partial charge in [0.25, 0.3) is 0 Å². The van der Waals surface area contributed by atoms with Crippen molar-refractivity contribution in [2.24, 2.45) is 0 Å². The average Bonchev–Trinajstić information content (AvgIpc) is 2.62. The summed E-state index contributed by atoms with van der Waals surface area (Å²) in [5, 5.41) is 0.818. The van der Waals surface area contributed by atoms with Crippen LogP contribution in [0.3, 0.4) is 0 Å². The summed E-state index contributed by atoms with van der Waals surface area (Å²) in [6, 6.07) is 12.0. The molecule has 0 unspecified atom stereocenters. The number of hydrogen-bond acceptors (Lipinski definition) is 4. The summed E-state index contributed by atoms with van der Waals surface area (Å²) in [6.45, 7) is 2.54. The van der Waals surface area contributed by atoms with Crippen LogP contribution in [0.25, 0.3) is 0 Å². The van der Waals surface area contributed by atoms with Gasteiger partial charge in [-0.15, -0.1) is 0 Å². The maximum absolute atomic E-state index is 6.34. The van der Waals surface area contributed by atoms with E-state index in [1.165, 1.54) is 5.56 Å². The minimum absolute atomic E-state index is 0.00459. The van der Waals surface area contributed by atoms with Crippen molar-refractivity contribution in [2.75, 3.05) is 27.3 Å². The highest BCUT2D eigenvalue weighted by molar-refractivity contribution is 6.31. The van der Waals surface area contributed by atoms with Crippen LogP contribution in [0.1, 0.15) is 22.8 Å². The first kappa shape index (κ1) is 16.7. The van der Waals surface area contributed by atoms with E-state index in [0.29, 0.717) is 0 Å². The van der Waals surface area contributed by atoms with E-state index < -0.39 is 0 Å². The summed E-state index contributed by atoms with van der Waals surface area (Å²) in [6.07, 6.45) is 0.996. The van der Waals surface area contributed by atoms with Crippen LogP contribution in [0.15, 0.2) is 36.4 Å². The molecule has 2 aliphatic rings. The van der Waals surface area contributed by atoms with Gasteiger partial charge in [-0.2, -0.15) is 0 Å². The Balaban J connectivity index is 1.63. The number of ether oxygens (including phenoxy) is 3. The minimum atomic E-state index is -0.00459. The normalized spacial score (nSPS) is 22.4. The van der Waals surface area contributed by atoms with Crippen molar-refractivity contribution in [1.29, 1.82) is 0 Å². The Morgan fingerprint density at radius 2 is 1.84 bits per heavy atom. The first-order valence-electron chi connectivity index (χ1n) is 8.54. The molecule has 2 aromatic rings. The molecule has 2 aliphatic heterocycles. The molecular weight excluding hydrogens is 338 g/mol. The van der Waals surface area contributed by atoms with Gasteiger partial charge >= 0.3 is 0 Å². The summed E-state index contributed by atoms with van der Waals surface area (Å²) in [7, 11) is 3.43. The molecule has 4 nitrogen and oxygen atoms in total. The van der Waals surface area contributed by atoms with Crippen molar-refractivity contribution in [3.05, 3.63) is 58.1 Å². The minimum Gasteiger partial charge on any atom is -0.496 e. The fourth-order valence-electron chi connectivity index (χ4n) is 3.97. The van der Waals surface area contributed by atoms with Crippen molar-refractivity contribution in [1.82, 2.24) is 4.90 Å². The maximum Gasteiger partial charge on any atom is 0.125 e. The van der Waals surface area contributed by atoms with Crippen LogP contribution in [0.5, 0.6) is 11.5 Å². The summed E-state index contributed by atoms with van der Waals surface area (Å²) < 4.78 is 17.5. The lowest BCUT2D eigenvalue weighted by Gasteiger charge is -2.43. The number of fused-ring (bicyclic) bond motifs is 4. The van der Waals surface area contributed by atoms with E-state index in [9.17, 15) is 0 Å². The van der Waals surface area contributed by atoms with Crippen molar-refractivity contribution < 1.29 is 14.2 Å². The number of halogens is 1. The zero-order chi connectivity index (χ0) is 17.4. The van der Waals surface area contributed by atoms with Gasteiger partial charge in [-0.25, -0.2) is 0 Å². The molecule has 2 aromatic carbocycles. The van der Waals surface area contributed by atoms with E-state index in [1.54, 1.807) is 14.2 Å². The largest absolute Gasteiger partial charge is 0.496 e. The monoisotopic (exact) mass is 359 g/mol. The van der Waals surface area contributed by atoms with Gasteiger partial charge in [-0.3, -0.25) is 4.90 Å². The van der Waals surface area contributed by atoms with Crippen LogP contribution in [0.4, 0.5) is 0 Å². The summed E-state index contributed by atoms with van der Waals surface area (Å²) >= 11 is 6.34. The molecule has 5 heteroatoms. The van der Waals surface area contributed by atoms with E-state index in [2.05, 4.69) is 11.0 Å². The molecule has 2 heterocycles. The fourth-order valence-corrected chi connectivity index (χ4v) is 4.16. The summed E-state index contributed by atoms with van der Waals surface area (Å²) in [5.74, 6) is 1.80. The number of rotatable bonds is 4.